The van der Waals surface area contributed by atoms with Crippen LogP contribution in [0.2, 0.25) is 0 Å². The Kier molecular flexibility index (Phi) is 3.39. The van der Waals surface area contributed by atoms with Gasteiger partial charge in [0.25, 0.3) is 0 Å². The van der Waals surface area contributed by atoms with Crippen LogP contribution < -0.4 is 16.4 Å². The molecule has 1 saturated heterocycles. The van der Waals surface area contributed by atoms with Crippen LogP contribution in [0, 0.1) is 5.41 Å². The van der Waals surface area contributed by atoms with E-state index < -0.39 is 0 Å². The topological polar surface area (TPSA) is 91.0 Å². The molecule has 1 aliphatic heterocycles. The Bertz CT molecular complexity index is 423. The molecule has 1 aromatic carbocycles. The van der Waals surface area contributed by atoms with Gasteiger partial charge in [0.15, 0.2) is 0 Å². The Hall–Kier alpha value is -1.88. The van der Waals surface area contributed by atoms with Crippen molar-refractivity contribution in [2.75, 3.05) is 6.54 Å². The summed E-state index contributed by atoms with van der Waals surface area (Å²) < 4.78 is 0. The number of carbonyl (C=O) groups excluding carboxylic acids is 1. The minimum atomic E-state index is -0.0218. The van der Waals surface area contributed by atoms with Gasteiger partial charge in [-0.05, 0) is 18.5 Å². The molecule has 5 nitrogen and oxygen atoms in total. The second-order valence-corrected chi connectivity index (χ2v) is 4.12. The molecule has 5 heteroatoms. The molecule has 0 aromatic heterocycles. The van der Waals surface area contributed by atoms with Crippen LogP contribution in [0.5, 0.6) is 0 Å². The molecule has 1 aliphatic rings. The molecule has 0 spiro atoms. The largest absolute Gasteiger partial charge is 0.384 e. The van der Waals surface area contributed by atoms with E-state index in [2.05, 4.69) is 10.6 Å². The van der Waals surface area contributed by atoms with Gasteiger partial charge in [-0.1, -0.05) is 24.3 Å². The standard InChI is InChI=1S/C12H16N4O/c13-11(14)9-3-1-8(2-4-9)7-16-12(17)10-5-6-15-10/h1-4,10,15H,5-7H2,(H3,13,14)(H,16,17)/t10-/m0/s1. The zero-order valence-corrected chi connectivity index (χ0v) is 9.49. The van der Waals surface area contributed by atoms with E-state index in [-0.39, 0.29) is 17.8 Å². The Labute approximate surface area is 99.9 Å². The second kappa shape index (κ2) is 4.97. The van der Waals surface area contributed by atoms with Gasteiger partial charge in [0, 0.05) is 12.1 Å². The van der Waals surface area contributed by atoms with E-state index >= 15 is 0 Å². The lowest BCUT2D eigenvalue weighted by Crippen LogP contribution is -2.52. The third-order valence-corrected chi connectivity index (χ3v) is 2.87. The highest BCUT2D eigenvalue weighted by molar-refractivity contribution is 5.94. The van der Waals surface area contributed by atoms with Crippen molar-refractivity contribution in [3.8, 4) is 0 Å². The highest BCUT2D eigenvalue weighted by atomic mass is 16.2. The fourth-order valence-corrected chi connectivity index (χ4v) is 1.63. The second-order valence-electron chi connectivity index (χ2n) is 4.12. The molecule has 1 aromatic rings. The van der Waals surface area contributed by atoms with E-state index in [9.17, 15) is 4.79 Å². The predicted molar refractivity (Wildman–Crippen MR) is 65.7 cm³/mol. The van der Waals surface area contributed by atoms with Crippen LogP contribution in [-0.2, 0) is 11.3 Å². The first kappa shape index (κ1) is 11.6. The maximum atomic E-state index is 11.5. The van der Waals surface area contributed by atoms with Crippen LogP contribution in [0.1, 0.15) is 17.5 Å². The summed E-state index contributed by atoms with van der Waals surface area (Å²) >= 11 is 0. The van der Waals surface area contributed by atoms with E-state index in [1.54, 1.807) is 12.1 Å². The number of nitrogens with one attached hydrogen (secondary N) is 3. The van der Waals surface area contributed by atoms with Crippen LogP contribution in [0.4, 0.5) is 0 Å². The number of nitrogen functional groups attached to an aromatic ring is 1. The fraction of sp³-hybridized carbons (Fsp3) is 0.333. The van der Waals surface area contributed by atoms with Gasteiger partial charge >= 0.3 is 0 Å². The summed E-state index contributed by atoms with van der Waals surface area (Å²) in [6.07, 6.45) is 0.912. The fourth-order valence-electron chi connectivity index (χ4n) is 1.63. The lowest BCUT2D eigenvalue weighted by molar-refractivity contribution is -0.124. The molecule has 1 amide bonds. The Balaban J connectivity index is 1.86. The molecule has 17 heavy (non-hydrogen) atoms. The van der Waals surface area contributed by atoms with Gasteiger partial charge in [-0.2, -0.15) is 0 Å². The number of nitrogens with two attached hydrogens (primary N) is 1. The average molecular weight is 232 g/mol. The zero-order valence-electron chi connectivity index (χ0n) is 9.49. The number of benzene rings is 1. The van der Waals surface area contributed by atoms with Gasteiger partial charge in [0.2, 0.25) is 5.91 Å². The first-order valence-electron chi connectivity index (χ1n) is 5.61. The summed E-state index contributed by atoms with van der Waals surface area (Å²) in [7, 11) is 0. The van der Waals surface area contributed by atoms with Crippen molar-refractivity contribution in [3.05, 3.63) is 35.4 Å². The molecule has 0 aliphatic carbocycles. The van der Waals surface area contributed by atoms with Crippen molar-refractivity contribution < 1.29 is 4.79 Å². The van der Waals surface area contributed by atoms with Gasteiger partial charge in [0.1, 0.15) is 5.84 Å². The molecule has 0 saturated carbocycles. The lowest BCUT2D eigenvalue weighted by Gasteiger charge is -2.26. The van der Waals surface area contributed by atoms with Crippen molar-refractivity contribution >= 4 is 11.7 Å². The number of hydrogen-bond acceptors (Lipinski definition) is 3. The third kappa shape index (κ3) is 2.82. The Morgan fingerprint density at radius 3 is 2.59 bits per heavy atom. The van der Waals surface area contributed by atoms with Crippen molar-refractivity contribution in [3.63, 3.8) is 0 Å². The number of hydrogen-bond donors (Lipinski definition) is 4. The van der Waals surface area contributed by atoms with Crippen molar-refractivity contribution in [2.45, 2.75) is 19.0 Å². The van der Waals surface area contributed by atoms with Crippen LogP contribution in [-0.4, -0.2) is 24.3 Å². The monoisotopic (exact) mass is 232 g/mol. The molecule has 0 bridgehead atoms. The van der Waals surface area contributed by atoms with E-state index in [4.69, 9.17) is 11.1 Å². The maximum absolute atomic E-state index is 11.5. The smallest absolute Gasteiger partial charge is 0.237 e. The minimum Gasteiger partial charge on any atom is -0.384 e. The minimum absolute atomic E-state index is 0.0218. The molecule has 5 N–H and O–H groups in total. The molecule has 1 atom stereocenters. The van der Waals surface area contributed by atoms with Crippen LogP contribution in [0.25, 0.3) is 0 Å². The molecule has 90 valence electrons. The first-order valence-corrected chi connectivity index (χ1v) is 5.61. The molecule has 1 heterocycles. The van der Waals surface area contributed by atoms with Crippen molar-refractivity contribution in [1.82, 2.24) is 10.6 Å². The van der Waals surface area contributed by atoms with E-state index in [0.717, 1.165) is 18.5 Å². The summed E-state index contributed by atoms with van der Waals surface area (Å²) in [5.41, 5.74) is 7.05. The SMILES string of the molecule is N=C(N)c1ccc(CNC(=O)[C@@H]2CCN2)cc1. The lowest BCUT2D eigenvalue weighted by atomic mass is 10.1. The normalized spacial score (nSPS) is 18.2. The van der Waals surface area contributed by atoms with Gasteiger partial charge in [-0.3, -0.25) is 10.2 Å². The van der Waals surface area contributed by atoms with E-state index in [1.807, 2.05) is 12.1 Å². The number of amidine groups is 1. The van der Waals surface area contributed by atoms with Crippen LogP contribution in [0.15, 0.2) is 24.3 Å². The number of carbonyl (C=O) groups is 1. The van der Waals surface area contributed by atoms with Crippen molar-refractivity contribution in [2.24, 2.45) is 5.73 Å². The van der Waals surface area contributed by atoms with Crippen LogP contribution >= 0.6 is 0 Å². The molecule has 1 fully saturated rings. The maximum Gasteiger partial charge on any atom is 0.237 e. The quantitative estimate of drug-likeness (QED) is 0.433. The zero-order chi connectivity index (χ0) is 12.3. The highest BCUT2D eigenvalue weighted by Crippen LogP contribution is 2.05. The number of amides is 1. The van der Waals surface area contributed by atoms with E-state index in [0.29, 0.717) is 12.1 Å². The molecule has 0 radical (unpaired) electrons. The highest BCUT2D eigenvalue weighted by Gasteiger charge is 2.23. The average Bonchev–Trinajstić information content (AvgIpc) is 2.24. The summed E-state index contributed by atoms with van der Waals surface area (Å²) in [5.74, 6) is 0.103. The van der Waals surface area contributed by atoms with Gasteiger partial charge in [-0.15, -0.1) is 0 Å². The summed E-state index contributed by atoms with van der Waals surface area (Å²) in [5, 5.41) is 13.2. The van der Waals surface area contributed by atoms with Gasteiger partial charge in [-0.25, -0.2) is 0 Å². The Morgan fingerprint density at radius 1 is 1.47 bits per heavy atom. The molecular formula is C12H16N4O. The van der Waals surface area contributed by atoms with Crippen molar-refractivity contribution in [1.29, 1.82) is 5.41 Å². The third-order valence-electron chi connectivity index (χ3n) is 2.87. The van der Waals surface area contributed by atoms with Crippen LogP contribution in [0.3, 0.4) is 0 Å². The summed E-state index contributed by atoms with van der Waals surface area (Å²) in [6, 6.07) is 7.28. The Morgan fingerprint density at radius 2 is 2.12 bits per heavy atom. The first-order chi connectivity index (χ1) is 8.16. The van der Waals surface area contributed by atoms with Gasteiger partial charge in [0.05, 0.1) is 6.04 Å². The number of rotatable bonds is 4. The van der Waals surface area contributed by atoms with E-state index in [1.165, 1.54) is 0 Å². The summed E-state index contributed by atoms with van der Waals surface area (Å²) in [4.78, 5) is 11.5. The molecular weight excluding hydrogens is 216 g/mol. The molecule has 2 rings (SSSR count). The van der Waals surface area contributed by atoms with Gasteiger partial charge < -0.3 is 16.4 Å². The molecule has 0 unspecified atom stereocenters. The predicted octanol–water partition coefficient (Wildman–Crippen LogP) is -0.0512. The summed E-state index contributed by atoms with van der Waals surface area (Å²) in [6.45, 7) is 1.43.